The minimum atomic E-state index is -3.78. The van der Waals surface area contributed by atoms with Gasteiger partial charge in [-0.2, -0.15) is 4.98 Å². The van der Waals surface area contributed by atoms with Crippen molar-refractivity contribution < 1.29 is 17.9 Å². The molecule has 0 bridgehead atoms. The maximum absolute atomic E-state index is 12.2. The lowest BCUT2D eigenvalue weighted by Gasteiger charge is -2.04. The number of hydrogen-bond acceptors (Lipinski definition) is 5. The number of anilines is 1. The van der Waals surface area contributed by atoms with Crippen molar-refractivity contribution in [1.82, 2.24) is 4.98 Å². The summed E-state index contributed by atoms with van der Waals surface area (Å²) in [5, 5.41) is 8.67. The van der Waals surface area contributed by atoms with Gasteiger partial charge in [0.25, 0.3) is 10.0 Å². The number of sulfonamides is 1. The third kappa shape index (κ3) is 4.08. The standard InChI is InChI=1S/C14H14N2O4S/c1-11-10-20-14(15-11)16-21(18,19)13-7-4-6-12(9-13)5-2-3-8-17/h4,6-7,9-10,17H,3,8H2,1H3,(H,15,16). The molecule has 0 aliphatic rings. The molecule has 0 aliphatic carbocycles. The first-order valence-corrected chi connectivity index (χ1v) is 7.64. The van der Waals surface area contributed by atoms with Crippen LogP contribution in [-0.4, -0.2) is 25.1 Å². The second-order valence-corrected chi connectivity index (χ2v) is 5.89. The average molecular weight is 306 g/mol. The number of rotatable bonds is 4. The van der Waals surface area contributed by atoms with Gasteiger partial charge in [-0.1, -0.05) is 17.9 Å². The van der Waals surface area contributed by atoms with Crippen LogP contribution in [0.1, 0.15) is 17.7 Å². The zero-order valence-electron chi connectivity index (χ0n) is 11.3. The van der Waals surface area contributed by atoms with E-state index in [1.807, 2.05) is 0 Å². The highest BCUT2D eigenvalue weighted by Crippen LogP contribution is 2.16. The predicted molar refractivity (Wildman–Crippen MR) is 77.1 cm³/mol. The average Bonchev–Trinajstić information content (AvgIpc) is 2.84. The van der Waals surface area contributed by atoms with Gasteiger partial charge < -0.3 is 9.52 Å². The largest absolute Gasteiger partial charge is 0.431 e. The van der Waals surface area contributed by atoms with E-state index in [0.717, 1.165) is 0 Å². The van der Waals surface area contributed by atoms with Crippen LogP contribution in [0.4, 0.5) is 6.01 Å². The fourth-order valence-corrected chi connectivity index (χ4v) is 2.52. The van der Waals surface area contributed by atoms with Crippen LogP contribution in [0.25, 0.3) is 0 Å². The van der Waals surface area contributed by atoms with Crippen LogP contribution in [0, 0.1) is 18.8 Å². The Labute approximate surface area is 122 Å². The molecule has 2 aromatic rings. The molecule has 0 saturated carbocycles. The molecular weight excluding hydrogens is 292 g/mol. The van der Waals surface area contributed by atoms with Crippen molar-refractivity contribution in [1.29, 1.82) is 0 Å². The normalized spacial score (nSPS) is 10.8. The van der Waals surface area contributed by atoms with Gasteiger partial charge in [0.05, 0.1) is 17.2 Å². The Balaban J connectivity index is 2.24. The lowest BCUT2D eigenvalue weighted by Crippen LogP contribution is -2.13. The first kappa shape index (κ1) is 15.1. The third-order valence-electron chi connectivity index (χ3n) is 2.45. The molecule has 0 spiro atoms. The maximum Gasteiger partial charge on any atom is 0.309 e. The van der Waals surface area contributed by atoms with Gasteiger partial charge in [-0.25, -0.2) is 13.1 Å². The summed E-state index contributed by atoms with van der Waals surface area (Å²) in [6.07, 6.45) is 1.69. The van der Waals surface area contributed by atoms with Gasteiger partial charge in [0.1, 0.15) is 6.26 Å². The van der Waals surface area contributed by atoms with E-state index in [9.17, 15) is 8.42 Å². The number of oxazole rings is 1. The topological polar surface area (TPSA) is 92.4 Å². The first-order valence-electron chi connectivity index (χ1n) is 6.16. The molecule has 2 rings (SSSR count). The highest BCUT2D eigenvalue weighted by Gasteiger charge is 2.17. The lowest BCUT2D eigenvalue weighted by molar-refractivity contribution is 0.305. The highest BCUT2D eigenvalue weighted by atomic mass is 32.2. The van der Waals surface area contributed by atoms with E-state index in [1.54, 1.807) is 19.1 Å². The first-order chi connectivity index (χ1) is 10.0. The Morgan fingerprint density at radius 3 is 2.90 bits per heavy atom. The van der Waals surface area contributed by atoms with E-state index in [1.165, 1.54) is 18.4 Å². The second-order valence-electron chi connectivity index (χ2n) is 4.20. The number of hydrogen-bond donors (Lipinski definition) is 2. The van der Waals surface area contributed by atoms with Gasteiger partial charge in [-0.15, -0.1) is 0 Å². The van der Waals surface area contributed by atoms with E-state index in [-0.39, 0.29) is 17.5 Å². The molecule has 0 unspecified atom stereocenters. The van der Waals surface area contributed by atoms with Crippen LogP contribution in [0.15, 0.2) is 39.8 Å². The summed E-state index contributed by atoms with van der Waals surface area (Å²) in [6, 6.07) is 6.11. The molecule has 0 saturated heterocycles. The Hall–Kier alpha value is -2.30. The number of aryl methyl sites for hydroxylation is 1. The zero-order valence-corrected chi connectivity index (χ0v) is 12.1. The van der Waals surface area contributed by atoms with E-state index in [2.05, 4.69) is 21.5 Å². The van der Waals surface area contributed by atoms with Crippen LogP contribution < -0.4 is 4.72 Å². The van der Waals surface area contributed by atoms with Crippen LogP contribution >= 0.6 is 0 Å². The summed E-state index contributed by atoms with van der Waals surface area (Å²) in [7, 11) is -3.78. The highest BCUT2D eigenvalue weighted by molar-refractivity contribution is 7.92. The molecule has 0 fully saturated rings. The Morgan fingerprint density at radius 2 is 2.24 bits per heavy atom. The molecule has 0 amide bonds. The van der Waals surface area contributed by atoms with Gasteiger partial charge in [-0.3, -0.25) is 0 Å². The SMILES string of the molecule is Cc1coc(NS(=O)(=O)c2cccc(C#CCCO)c2)n1. The van der Waals surface area contributed by atoms with Crippen molar-refractivity contribution in [3.63, 3.8) is 0 Å². The summed E-state index contributed by atoms with van der Waals surface area (Å²) in [4.78, 5) is 3.96. The van der Waals surface area contributed by atoms with E-state index >= 15 is 0 Å². The summed E-state index contributed by atoms with van der Waals surface area (Å²) < 4.78 is 31.6. The van der Waals surface area contributed by atoms with Crippen molar-refractivity contribution in [3.8, 4) is 11.8 Å². The molecule has 6 nitrogen and oxygen atoms in total. The molecule has 2 N–H and O–H groups in total. The third-order valence-corrected chi connectivity index (χ3v) is 3.77. The Kier molecular flexibility index (Phi) is 4.62. The van der Waals surface area contributed by atoms with Crippen LogP contribution in [0.3, 0.4) is 0 Å². The summed E-state index contributed by atoms with van der Waals surface area (Å²) in [5.74, 6) is 5.52. The minimum Gasteiger partial charge on any atom is -0.431 e. The number of aliphatic hydroxyl groups excluding tert-OH is 1. The molecular formula is C14H14N2O4S. The fraction of sp³-hybridized carbons (Fsp3) is 0.214. The Bertz CT molecular complexity index is 785. The number of nitrogens with one attached hydrogen (secondary N) is 1. The number of benzene rings is 1. The summed E-state index contributed by atoms with van der Waals surface area (Å²) in [5.41, 5.74) is 1.13. The van der Waals surface area contributed by atoms with Crippen molar-refractivity contribution in [2.45, 2.75) is 18.2 Å². The molecule has 1 aromatic carbocycles. The monoisotopic (exact) mass is 306 g/mol. The number of nitrogens with zero attached hydrogens (tertiary/aromatic N) is 1. The van der Waals surface area contributed by atoms with Crippen LogP contribution in [0.2, 0.25) is 0 Å². The molecule has 0 radical (unpaired) electrons. The quantitative estimate of drug-likeness (QED) is 0.835. The predicted octanol–water partition coefficient (Wildman–Crippen LogP) is 1.52. The molecule has 1 heterocycles. The van der Waals surface area contributed by atoms with E-state index in [4.69, 9.17) is 9.52 Å². The van der Waals surface area contributed by atoms with Gasteiger partial charge in [-0.05, 0) is 25.1 Å². The number of aliphatic hydroxyl groups is 1. The van der Waals surface area contributed by atoms with Crippen LogP contribution in [0.5, 0.6) is 0 Å². The fourth-order valence-electron chi connectivity index (χ4n) is 1.54. The van der Waals surface area contributed by atoms with Gasteiger partial charge in [0.2, 0.25) is 0 Å². The maximum atomic E-state index is 12.2. The lowest BCUT2D eigenvalue weighted by atomic mass is 10.2. The number of aromatic nitrogens is 1. The molecule has 0 aliphatic heterocycles. The molecule has 7 heteroatoms. The molecule has 21 heavy (non-hydrogen) atoms. The molecule has 110 valence electrons. The van der Waals surface area contributed by atoms with Crippen LogP contribution in [-0.2, 0) is 10.0 Å². The van der Waals surface area contributed by atoms with Crippen molar-refractivity contribution in [2.75, 3.05) is 11.3 Å². The summed E-state index contributed by atoms with van der Waals surface area (Å²) >= 11 is 0. The smallest absolute Gasteiger partial charge is 0.309 e. The second kappa shape index (κ2) is 6.43. The van der Waals surface area contributed by atoms with E-state index in [0.29, 0.717) is 17.7 Å². The Morgan fingerprint density at radius 1 is 1.43 bits per heavy atom. The molecule has 0 atom stereocenters. The van der Waals surface area contributed by atoms with Gasteiger partial charge in [0, 0.05) is 12.0 Å². The van der Waals surface area contributed by atoms with E-state index < -0.39 is 10.0 Å². The zero-order chi connectivity index (χ0) is 15.3. The minimum absolute atomic E-state index is 0.0317. The van der Waals surface area contributed by atoms with Gasteiger partial charge in [0.15, 0.2) is 0 Å². The van der Waals surface area contributed by atoms with Gasteiger partial charge >= 0.3 is 6.01 Å². The summed E-state index contributed by atoms with van der Waals surface area (Å²) in [6.45, 7) is 1.66. The van der Waals surface area contributed by atoms with Crippen molar-refractivity contribution in [2.24, 2.45) is 0 Å². The van der Waals surface area contributed by atoms with Crippen molar-refractivity contribution in [3.05, 3.63) is 41.8 Å². The van der Waals surface area contributed by atoms with Crippen molar-refractivity contribution >= 4 is 16.0 Å². The molecule has 1 aromatic heterocycles.